The maximum atomic E-state index is 10.8. The number of hydrogen-bond acceptors (Lipinski definition) is 5. The highest BCUT2D eigenvalue weighted by molar-refractivity contribution is 7.33. The van der Waals surface area contributed by atoms with Gasteiger partial charge in [0.1, 0.15) is 0 Å². The van der Waals surface area contributed by atoms with Crippen molar-refractivity contribution in [1.29, 1.82) is 0 Å². The van der Waals surface area contributed by atoms with Crippen LogP contribution in [0.2, 0.25) is 0 Å². The normalized spacial score (nSPS) is 11.2. The van der Waals surface area contributed by atoms with Gasteiger partial charge in [0.05, 0.1) is 0 Å². The molecule has 12 heavy (non-hydrogen) atoms. The van der Waals surface area contributed by atoms with Gasteiger partial charge in [0.15, 0.2) is 0 Å². The summed E-state index contributed by atoms with van der Waals surface area (Å²) in [7, 11) is -2.12. The van der Waals surface area contributed by atoms with Crippen LogP contribution in [0, 0.1) is 0 Å². The predicted molar refractivity (Wildman–Crippen MR) is 46.3 cm³/mol. The Morgan fingerprint density at radius 3 is 1.58 bits per heavy atom. The predicted octanol–water partition coefficient (Wildman–Crippen LogP) is 1.50. The van der Waals surface area contributed by atoms with Gasteiger partial charge < -0.3 is 0 Å². The van der Waals surface area contributed by atoms with Crippen LogP contribution in [0.25, 0.3) is 0 Å². The van der Waals surface area contributed by atoms with Crippen molar-refractivity contribution in [3.63, 3.8) is 0 Å². The third-order valence-electron chi connectivity index (χ3n) is 0.726. The Labute approximate surface area is 73.7 Å². The van der Waals surface area contributed by atoms with E-state index in [-0.39, 0.29) is 12.1 Å². The van der Waals surface area contributed by atoms with Gasteiger partial charge in [-0.25, -0.2) is 0 Å². The summed E-state index contributed by atoms with van der Waals surface area (Å²) in [6, 6.07) is 0.234. The van der Waals surface area contributed by atoms with E-state index >= 15 is 0 Å². The molecule has 0 saturated heterocycles. The highest BCUT2D eigenvalue weighted by Gasteiger charge is 2.22. The van der Waals surface area contributed by atoms with Gasteiger partial charge in [0.25, 0.3) is 0 Å². The van der Waals surface area contributed by atoms with Crippen LogP contribution in [-0.2, 0) is 13.8 Å². The van der Waals surface area contributed by atoms with Gasteiger partial charge in [0.2, 0.25) is 0 Å². The second-order valence-electron chi connectivity index (χ2n) is 2.95. The third-order valence-corrected chi connectivity index (χ3v) is 1.23. The molecule has 0 aromatic carbocycles. The summed E-state index contributed by atoms with van der Waals surface area (Å²) >= 11 is 0. The minimum absolute atomic E-state index is 0.117. The van der Waals surface area contributed by atoms with Gasteiger partial charge in [-0.05, 0) is 36.9 Å². The average Bonchev–Trinajstić information content (AvgIpc) is 1.96. The van der Waals surface area contributed by atoms with Crippen LogP contribution in [0.3, 0.4) is 0 Å². The molecule has 0 rings (SSSR count). The SMILES string of the molecule is CC(C)NO[P+](=O)ONC(C)C. The molecule has 0 aromatic heterocycles. The van der Waals surface area contributed by atoms with Crippen molar-refractivity contribution >= 4 is 8.25 Å². The van der Waals surface area contributed by atoms with E-state index in [9.17, 15) is 4.57 Å². The largest absolute Gasteiger partial charge is 0.735 e. The molecule has 6 heteroatoms. The standard InChI is InChI=1S/C6H16N2O3P/c1-5(2)7-10-12(9)11-8-6(3)4/h5-8H,1-4H3/q+1. The highest BCUT2D eigenvalue weighted by atomic mass is 31.1. The van der Waals surface area contributed by atoms with Gasteiger partial charge in [0, 0.05) is 16.6 Å². The van der Waals surface area contributed by atoms with Crippen LogP contribution < -0.4 is 11.0 Å². The zero-order valence-electron chi connectivity index (χ0n) is 7.83. The molecule has 72 valence electrons. The van der Waals surface area contributed by atoms with Gasteiger partial charge in [-0.1, -0.05) is 0 Å². The molecule has 0 aromatic rings. The van der Waals surface area contributed by atoms with Crippen molar-refractivity contribution in [3.05, 3.63) is 0 Å². The second kappa shape index (κ2) is 6.46. The Morgan fingerprint density at radius 2 is 1.33 bits per heavy atom. The molecule has 0 aliphatic carbocycles. The van der Waals surface area contributed by atoms with Gasteiger partial charge >= 0.3 is 8.25 Å². The Bertz CT molecular complexity index is 127. The minimum Gasteiger partial charge on any atom is -0.146 e. The van der Waals surface area contributed by atoms with E-state index in [0.717, 1.165) is 0 Å². The number of nitrogens with one attached hydrogen (secondary N) is 2. The van der Waals surface area contributed by atoms with Crippen molar-refractivity contribution in [2.45, 2.75) is 39.8 Å². The summed E-state index contributed by atoms with van der Waals surface area (Å²) in [6.07, 6.45) is 0. The third kappa shape index (κ3) is 8.04. The molecular weight excluding hydrogens is 179 g/mol. The van der Waals surface area contributed by atoms with Crippen LogP contribution >= 0.6 is 8.25 Å². The molecule has 0 saturated carbocycles. The number of rotatable bonds is 6. The van der Waals surface area contributed by atoms with Crippen LogP contribution in [0.1, 0.15) is 27.7 Å². The van der Waals surface area contributed by atoms with Gasteiger partial charge in [-0.15, -0.1) is 11.0 Å². The molecule has 0 bridgehead atoms. The maximum absolute atomic E-state index is 10.8. The molecule has 0 radical (unpaired) electrons. The Balaban J connectivity index is 3.34. The maximum Gasteiger partial charge on any atom is 0.735 e. The first-order chi connectivity index (χ1) is 5.52. The molecule has 0 aliphatic rings. The first-order valence-electron chi connectivity index (χ1n) is 3.84. The Kier molecular flexibility index (Phi) is 6.42. The minimum atomic E-state index is -2.12. The average molecular weight is 195 g/mol. The molecular formula is C6H16N2O3P+. The van der Waals surface area contributed by atoms with Crippen LogP contribution in [0.4, 0.5) is 0 Å². The van der Waals surface area contributed by atoms with Crippen LogP contribution in [-0.4, -0.2) is 12.1 Å². The van der Waals surface area contributed by atoms with Gasteiger partial charge in [-0.3, -0.25) is 0 Å². The molecule has 0 unspecified atom stereocenters. The van der Waals surface area contributed by atoms with Crippen LogP contribution in [0.15, 0.2) is 0 Å². The fraction of sp³-hybridized carbons (Fsp3) is 1.00. The summed E-state index contributed by atoms with van der Waals surface area (Å²) < 4.78 is 20.1. The zero-order chi connectivity index (χ0) is 9.56. The molecule has 0 fully saturated rings. The monoisotopic (exact) mass is 195 g/mol. The van der Waals surface area contributed by atoms with E-state index in [0.29, 0.717) is 0 Å². The molecule has 0 atom stereocenters. The molecule has 2 N–H and O–H groups in total. The van der Waals surface area contributed by atoms with E-state index in [4.69, 9.17) is 0 Å². The lowest BCUT2D eigenvalue weighted by Crippen LogP contribution is -2.23. The van der Waals surface area contributed by atoms with E-state index < -0.39 is 8.25 Å². The lowest BCUT2D eigenvalue weighted by atomic mass is 10.4. The zero-order valence-corrected chi connectivity index (χ0v) is 8.72. The molecule has 0 heterocycles. The fourth-order valence-electron chi connectivity index (χ4n) is 0.316. The topological polar surface area (TPSA) is 59.6 Å². The van der Waals surface area contributed by atoms with E-state index in [2.05, 4.69) is 20.2 Å². The lowest BCUT2D eigenvalue weighted by Gasteiger charge is -2.00. The van der Waals surface area contributed by atoms with Crippen molar-refractivity contribution < 1.29 is 13.8 Å². The van der Waals surface area contributed by atoms with E-state index in [1.165, 1.54) is 0 Å². The Morgan fingerprint density at radius 1 is 1.00 bits per heavy atom. The first-order valence-corrected chi connectivity index (χ1v) is 4.94. The molecule has 0 spiro atoms. The fourth-order valence-corrected chi connectivity index (χ4v) is 0.947. The molecule has 0 amide bonds. The quantitative estimate of drug-likeness (QED) is 0.497. The van der Waals surface area contributed by atoms with E-state index in [1.807, 2.05) is 27.7 Å². The Hall–Kier alpha value is -0.0600. The highest BCUT2D eigenvalue weighted by Crippen LogP contribution is 2.19. The number of hydrogen-bond donors (Lipinski definition) is 2. The molecule has 5 nitrogen and oxygen atoms in total. The van der Waals surface area contributed by atoms with Crippen molar-refractivity contribution in [2.24, 2.45) is 0 Å². The van der Waals surface area contributed by atoms with Crippen LogP contribution in [0.5, 0.6) is 0 Å². The lowest BCUT2D eigenvalue weighted by molar-refractivity contribution is 0.0955. The summed E-state index contributed by atoms with van der Waals surface area (Å²) in [5.74, 6) is 0. The first kappa shape index (κ1) is 11.9. The molecule has 0 aliphatic heterocycles. The van der Waals surface area contributed by atoms with Crippen molar-refractivity contribution in [2.75, 3.05) is 0 Å². The summed E-state index contributed by atoms with van der Waals surface area (Å²) in [6.45, 7) is 7.50. The van der Waals surface area contributed by atoms with Gasteiger partial charge in [-0.2, -0.15) is 0 Å². The van der Waals surface area contributed by atoms with Crippen molar-refractivity contribution in [1.82, 2.24) is 11.0 Å². The summed E-state index contributed by atoms with van der Waals surface area (Å²) in [5.41, 5.74) is 5.04. The second-order valence-corrected chi connectivity index (χ2v) is 3.76. The van der Waals surface area contributed by atoms with E-state index in [1.54, 1.807) is 0 Å². The van der Waals surface area contributed by atoms with Crippen molar-refractivity contribution in [3.8, 4) is 0 Å². The smallest absolute Gasteiger partial charge is 0.146 e. The summed E-state index contributed by atoms with van der Waals surface area (Å²) in [5, 5.41) is 0. The summed E-state index contributed by atoms with van der Waals surface area (Å²) in [4.78, 5) is 0. The number of hydroxylamine groups is 2.